The van der Waals surface area contributed by atoms with Gasteiger partial charge >= 0.3 is 57.4 Å². The Morgan fingerprint density at radius 3 is 2.36 bits per heavy atom. The third-order valence-corrected chi connectivity index (χ3v) is 1.08. The second kappa shape index (κ2) is 5.85. The minimum Gasteiger partial charge on any atom is -1.00 e. The van der Waals surface area contributed by atoms with Gasteiger partial charge in [-0.05, 0) is 12.1 Å². The molecule has 0 bridgehead atoms. The molecule has 0 aliphatic carbocycles. The summed E-state index contributed by atoms with van der Waals surface area (Å²) in [6, 6.07) is 7.94. The fourth-order valence-electron chi connectivity index (χ4n) is 0.619. The van der Waals surface area contributed by atoms with Crippen LogP contribution in [0.1, 0.15) is 11.8 Å². The molecule has 0 heterocycles. The second-order valence-corrected chi connectivity index (χ2v) is 1.73. The molecule has 1 aromatic carbocycles. The van der Waals surface area contributed by atoms with E-state index in [1.54, 1.807) is 18.2 Å². The third kappa shape index (κ3) is 3.44. The molecule has 1 aromatic rings. The normalized spacial score (nSPS) is 8.09. The van der Waals surface area contributed by atoms with Gasteiger partial charge in [0.05, 0.1) is 5.56 Å². The Labute approximate surface area is 108 Å². The predicted octanol–water partition coefficient (Wildman–Crippen LogP) is -1.16. The first-order chi connectivity index (χ1) is 4.84. The van der Waals surface area contributed by atoms with Crippen molar-refractivity contribution >= 4 is 5.97 Å². The van der Waals surface area contributed by atoms with Gasteiger partial charge in [0.1, 0.15) is 0 Å². The van der Waals surface area contributed by atoms with Crippen molar-refractivity contribution in [1.29, 1.82) is 0 Å². The SMILES string of the molecule is O=C(OF)c1ccccc1.[H-].[K+]. The average molecular weight is 180 g/mol. The third-order valence-electron chi connectivity index (χ3n) is 1.08. The van der Waals surface area contributed by atoms with Gasteiger partial charge in [0, 0.05) is 4.53 Å². The molecule has 0 spiro atoms. The molecule has 0 aromatic heterocycles. The fourth-order valence-corrected chi connectivity index (χ4v) is 0.619. The summed E-state index contributed by atoms with van der Waals surface area (Å²) in [5.74, 6) is -0.958. The Morgan fingerprint density at radius 1 is 1.36 bits per heavy atom. The first kappa shape index (κ1) is 11.3. The minimum absolute atomic E-state index is 0. The van der Waals surface area contributed by atoms with Crippen LogP contribution in [0.2, 0.25) is 0 Å². The van der Waals surface area contributed by atoms with Gasteiger partial charge in [-0.15, -0.1) is 0 Å². The van der Waals surface area contributed by atoms with E-state index in [4.69, 9.17) is 0 Å². The average Bonchev–Trinajstić information content (AvgIpc) is 2.05. The van der Waals surface area contributed by atoms with Crippen molar-refractivity contribution in [3.8, 4) is 0 Å². The van der Waals surface area contributed by atoms with Crippen molar-refractivity contribution in [3.05, 3.63) is 35.9 Å². The van der Waals surface area contributed by atoms with Crippen LogP contribution in [0.4, 0.5) is 4.53 Å². The standard InChI is InChI=1S/C7H5FO2.K.H/c8-10-7(9)6-4-2-1-3-5-6;;/h1-5H;;/q;+1;-1. The number of carbonyl (C=O) groups is 1. The van der Waals surface area contributed by atoms with Crippen molar-refractivity contribution in [3.63, 3.8) is 0 Å². The van der Waals surface area contributed by atoms with Gasteiger partial charge in [-0.3, -0.25) is 0 Å². The molecular formula is C7H6FKO2. The van der Waals surface area contributed by atoms with Gasteiger partial charge < -0.3 is 1.43 Å². The molecule has 4 heteroatoms. The van der Waals surface area contributed by atoms with Crippen molar-refractivity contribution < 1.29 is 67.1 Å². The monoisotopic (exact) mass is 180 g/mol. The molecule has 0 saturated carbocycles. The molecule has 2 nitrogen and oxygen atoms in total. The van der Waals surface area contributed by atoms with Crippen molar-refractivity contribution in [2.24, 2.45) is 0 Å². The Hall–Kier alpha value is 0.256. The van der Waals surface area contributed by atoms with Gasteiger partial charge in [-0.25, -0.2) is 9.74 Å². The van der Waals surface area contributed by atoms with E-state index >= 15 is 0 Å². The molecule has 0 fully saturated rings. The van der Waals surface area contributed by atoms with Crippen LogP contribution in [-0.4, -0.2) is 5.97 Å². The van der Waals surface area contributed by atoms with Gasteiger partial charge in [-0.1, -0.05) is 18.2 Å². The second-order valence-electron chi connectivity index (χ2n) is 1.73. The Kier molecular flexibility index (Phi) is 5.99. The zero-order valence-electron chi connectivity index (χ0n) is 7.08. The topological polar surface area (TPSA) is 26.3 Å². The van der Waals surface area contributed by atoms with Crippen molar-refractivity contribution in [2.75, 3.05) is 0 Å². The largest absolute Gasteiger partial charge is 1.00 e. The molecule has 1 rings (SSSR count). The van der Waals surface area contributed by atoms with Crippen LogP contribution in [0.25, 0.3) is 0 Å². The molecule has 0 aliphatic rings. The zero-order chi connectivity index (χ0) is 7.40. The summed E-state index contributed by atoms with van der Waals surface area (Å²) in [5, 5.41) is 0. The molecule has 0 radical (unpaired) electrons. The van der Waals surface area contributed by atoms with E-state index in [1.807, 2.05) is 0 Å². The summed E-state index contributed by atoms with van der Waals surface area (Å²) < 4.78 is 11.2. The van der Waals surface area contributed by atoms with Gasteiger partial charge in [-0.2, -0.15) is 0 Å². The summed E-state index contributed by atoms with van der Waals surface area (Å²) in [4.78, 5) is 13.4. The van der Waals surface area contributed by atoms with Crippen molar-refractivity contribution in [1.82, 2.24) is 0 Å². The van der Waals surface area contributed by atoms with Crippen LogP contribution in [0.5, 0.6) is 0 Å². The molecule has 54 valence electrons. The first-order valence-corrected chi connectivity index (χ1v) is 2.72. The van der Waals surface area contributed by atoms with E-state index in [0.717, 1.165) is 0 Å². The van der Waals surface area contributed by atoms with E-state index in [-0.39, 0.29) is 58.4 Å². The molecule has 0 unspecified atom stereocenters. The molecule has 0 N–H and O–H groups in total. The summed E-state index contributed by atoms with van der Waals surface area (Å²) in [5.41, 5.74) is 0.213. The van der Waals surface area contributed by atoms with Crippen LogP contribution in [-0.2, 0) is 4.94 Å². The Morgan fingerprint density at radius 2 is 1.91 bits per heavy atom. The van der Waals surface area contributed by atoms with Crippen LogP contribution in [0.15, 0.2) is 30.3 Å². The number of rotatable bonds is 1. The maximum Gasteiger partial charge on any atom is 1.00 e. The number of carbonyl (C=O) groups excluding carboxylic acids is 1. The Bertz CT molecular complexity index is 230. The number of hydrogen-bond acceptors (Lipinski definition) is 2. The smallest absolute Gasteiger partial charge is 1.00 e. The maximum atomic E-state index is 11.2. The van der Waals surface area contributed by atoms with E-state index in [9.17, 15) is 9.32 Å². The molecule has 0 aliphatic heterocycles. The molecule has 0 saturated heterocycles. The fraction of sp³-hybridized carbons (Fsp3) is 0. The number of benzene rings is 1. The van der Waals surface area contributed by atoms with Crippen LogP contribution < -0.4 is 51.4 Å². The molecule has 11 heavy (non-hydrogen) atoms. The first-order valence-electron chi connectivity index (χ1n) is 2.72. The maximum absolute atomic E-state index is 11.2. The van der Waals surface area contributed by atoms with Crippen LogP contribution in [0, 0.1) is 0 Å². The van der Waals surface area contributed by atoms with E-state index in [0.29, 0.717) is 0 Å². The quantitative estimate of drug-likeness (QED) is 0.510. The molecular weight excluding hydrogens is 174 g/mol. The van der Waals surface area contributed by atoms with E-state index in [2.05, 4.69) is 4.94 Å². The van der Waals surface area contributed by atoms with Gasteiger partial charge in [0.15, 0.2) is 0 Å². The Balaban J connectivity index is 0. The number of halogens is 1. The summed E-state index contributed by atoms with van der Waals surface area (Å²) in [6.07, 6.45) is 0. The molecule has 0 atom stereocenters. The summed E-state index contributed by atoms with van der Waals surface area (Å²) >= 11 is 0. The summed E-state index contributed by atoms with van der Waals surface area (Å²) in [6.45, 7) is 0. The van der Waals surface area contributed by atoms with Gasteiger partial charge in [0.25, 0.3) is 0 Å². The van der Waals surface area contributed by atoms with E-state index < -0.39 is 5.97 Å². The van der Waals surface area contributed by atoms with Gasteiger partial charge in [0.2, 0.25) is 0 Å². The molecule has 0 amide bonds. The zero-order valence-corrected chi connectivity index (χ0v) is 9.20. The van der Waals surface area contributed by atoms with Crippen LogP contribution >= 0.6 is 0 Å². The van der Waals surface area contributed by atoms with Crippen LogP contribution in [0.3, 0.4) is 0 Å². The minimum atomic E-state index is -0.958. The summed E-state index contributed by atoms with van der Waals surface area (Å²) in [7, 11) is 0. The predicted molar refractivity (Wildman–Crippen MR) is 34.1 cm³/mol. The number of hydrogen-bond donors (Lipinski definition) is 0. The van der Waals surface area contributed by atoms with Crippen molar-refractivity contribution in [2.45, 2.75) is 0 Å². The van der Waals surface area contributed by atoms with E-state index in [1.165, 1.54) is 12.1 Å².